The first-order valence-corrected chi connectivity index (χ1v) is 4.47. The van der Waals surface area contributed by atoms with Crippen molar-refractivity contribution in [3.05, 3.63) is 23.8 Å². The number of hydrogen-bond donors (Lipinski definition) is 3. The molecule has 74 valence electrons. The Hall–Kier alpha value is -1.73. The normalized spacial score (nSPS) is 9.43. The van der Waals surface area contributed by atoms with E-state index in [1.165, 1.54) is 0 Å². The molecule has 0 aliphatic rings. The van der Waals surface area contributed by atoms with Crippen molar-refractivity contribution < 1.29 is 0 Å². The van der Waals surface area contributed by atoms with Gasteiger partial charge in [-0.1, -0.05) is 0 Å². The number of nitriles is 1. The van der Waals surface area contributed by atoms with Crippen LogP contribution in [0.4, 0.5) is 11.4 Å². The second kappa shape index (κ2) is 5.10. The molecule has 14 heavy (non-hydrogen) atoms. The number of hydrogen-bond acceptors (Lipinski definition) is 4. The maximum atomic E-state index is 8.57. The summed E-state index contributed by atoms with van der Waals surface area (Å²) in [4.78, 5) is 0. The number of rotatable bonds is 4. The fourth-order valence-electron chi connectivity index (χ4n) is 1.17. The van der Waals surface area contributed by atoms with Crippen LogP contribution in [-0.4, -0.2) is 13.1 Å². The predicted molar refractivity (Wildman–Crippen MR) is 57.7 cm³/mol. The van der Waals surface area contributed by atoms with Crippen LogP contribution in [0.15, 0.2) is 18.2 Å². The van der Waals surface area contributed by atoms with Crippen LogP contribution in [0.25, 0.3) is 0 Å². The Morgan fingerprint density at radius 2 is 2.21 bits per heavy atom. The van der Waals surface area contributed by atoms with Crippen LogP contribution in [0.1, 0.15) is 5.56 Å². The zero-order valence-electron chi connectivity index (χ0n) is 7.96. The third-order valence-corrected chi connectivity index (χ3v) is 1.89. The van der Waals surface area contributed by atoms with E-state index in [1.807, 2.05) is 12.1 Å². The summed E-state index contributed by atoms with van der Waals surface area (Å²) in [6.45, 7) is 1.30. The average molecular weight is 190 g/mol. The van der Waals surface area contributed by atoms with E-state index in [1.54, 1.807) is 6.07 Å². The van der Waals surface area contributed by atoms with E-state index in [4.69, 9.17) is 16.7 Å². The molecule has 1 aromatic rings. The van der Waals surface area contributed by atoms with Crippen LogP contribution in [-0.2, 0) is 6.42 Å². The number of nitrogens with zero attached hydrogens (tertiary/aromatic N) is 1. The third-order valence-electron chi connectivity index (χ3n) is 1.89. The van der Waals surface area contributed by atoms with E-state index < -0.39 is 0 Å². The summed E-state index contributed by atoms with van der Waals surface area (Å²) in [7, 11) is 0. The molecule has 0 unspecified atom stereocenters. The highest BCUT2D eigenvalue weighted by Crippen LogP contribution is 2.17. The van der Waals surface area contributed by atoms with E-state index in [0.29, 0.717) is 18.7 Å². The highest BCUT2D eigenvalue weighted by Gasteiger charge is 1.99. The van der Waals surface area contributed by atoms with Crippen LogP contribution in [0.2, 0.25) is 0 Å². The number of benzene rings is 1. The zero-order valence-corrected chi connectivity index (χ0v) is 7.96. The molecule has 0 fully saturated rings. The van der Waals surface area contributed by atoms with Gasteiger partial charge in [-0.15, -0.1) is 0 Å². The van der Waals surface area contributed by atoms with Crippen LogP contribution in [0, 0.1) is 11.3 Å². The predicted octanol–water partition coefficient (Wildman–Crippen LogP) is 0.705. The molecule has 0 aliphatic heterocycles. The maximum absolute atomic E-state index is 8.57. The lowest BCUT2D eigenvalue weighted by atomic mass is 10.1. The molecule has 0 saturated carbocycles. The maximum Gasteiger partial charge on any atom is 0.0670 e. The van der Waals surface area contributed by atoms with Crippen molar-refractivity contribution >= 4 is 11.4 Å². The van der Waals surface area contributed by atoms with Gasteiger partial charge in [-0.05, 0) is 23.8 Å². The zero-order chi connectivity index (χ0) is 10.4. The molecule has 1 rings (SSSR count). The van der Waals surface area contributed by atoms with Gasteiger partial charge in [-0.3, -0.25) is 0 Å². The minimum absolute atomic E-state index is 0.337. The fourth-order valence-corrected chi connectivity index (χ4v) is 1.17. The Balaban J connectivity index is 2.79. The van der Waals surface area contributed by atoms with E-state index >= 15 is 0 Å². The lowest BCUT2D eigenvalue weighted by Crippen LogP contribution is -2.13. The average Bonchev–Trinajstić information content (AvgIpc) is 2.19. The summed E-state index contributed by atoms with van der Waals surface area (Å²) >= 11 is 0. The minimum Gasteiger partial charge on any atom is -0.398 e. The lowest BCUT2D eigenvalue weighted by Gasteiger charge is -2.07. The molecular formula is C10H14N4. The van der Waals surface area contributed by atoms with Crippen molar-refractivity contribution in [3.63, 3.8) is 0 Å². The Kier molecular flexibility index (Phi) is 3.77. The van der Waals surface area contributed by atoms with Crippen LogP contribution < -0.4 is 16.8 Å². The summed E-state index contributed by atoms with van der Waals surface area (Å²) in [5.41, 5.74) is 13.5. The largest absolute Gasteiger partial charge is 0.398 e. The molecule has 0 heterocycles. The van der Waals surface area contributed by atoms with Gasteiger partial charge < -0.3 is 16.8 Å². The van der Waals surface area contributed by atoms with Gasteiger partial charge in [0.1, 0.15) is 0 Å². The van der Waals surface area contributed by atoms with Crippen molar-refractivity contribution in [1.82, 2.24) is 0 Å². The molecule has 5 N–H and O–H groups in total. The molecule has 0 saturated heterocycles. The van der Waals surface area contributed by atoms with Crippen molar-refractivity contribution in [2.45, 2.75) is 6.42 Å². The van der Waals surface area contributed by atoms with Gasteiger partial charge >= 0.3 is 0 Å². The molecule has 0 radical (unpaired) electrons. The molecule has 1 aromatic carbocycles. The summed E-state index contributed by atoms with van der Waals surface area (Å²) in [5.74, 6) is 0. The van der Waals surface area contributed by atoms with Crippen molar-refractivity contribution in [3.8, 4) is 6.07 Å². The van der Waals surface area contributed by atoms with Gasteiger partial charge in [0, 0.05) is 24.5 Å². The molecule has 0 amide bonds. The van der Waals surface area contributed by atoms with Gasteiger partial charge in [0.05, 0.1) is 12.5 Å². The number of anilines is 2. The second-order valence-electron chi connectivity index (χ2n) is 2.96. The minimum atomic E-state index is 0.337. The number of nitrogen functional groups attached to an aromatic ring is 1. The van der Waals surface area contributed by atoms with E-state index in [9.17, 15) is 0 Å². The van der Waals surface area contributed by atoms with Gasteiger partial charge in [-0.25, -0.2) is 0 Å². The van der Waals surface area contributed by atoms with Crippen LogP contribution in [0.3, 0.4) is 0 Å². The molecule has 4 heteroatoms. The highest BCUT2D eigenvalue weighted by molar-refractivity contribution is 5.57. The van der Waals surface area contributed by atoms with E-state index in [0.717, 1.165) is 17.8 Å². The van der Waals surface area contributed by atoms with E-state index in [-0.39, 0.29) is 0 Å². The summed E-state index contributed by atoms with van der Waals surface area (Å²) in [6, 6.07) is 7.64. The third kappa shape index (κ3) is 2.64. The van der Waals surface area contributed by atoms with Gasteiger partial charge in [0.25, 0.3) is 0 Å². The Bertz CT molecular complexity index is 340. The summed E-state index contributed by atoms with van der Waals surface area (Å²) in [5, 5.41) is 11.7. The highest BCUT2D eigenvalue weighted by atomic mass is 14.9. The molecule has 0 aliphatic carbocycles. The molecular weight excluding hydrogens is 176 g/mol. The van der Waals surface area contributed by atoms with Gasteiger partial charge in [0.2, 0.25) is 0 Å². The topological polar surface area (TPSA) is 87.9 Å². The first kappa shape index (κ1) is 10.4. The molecule has 0 atom stereocenters. The number of nitrogens with one attached hydrogen (secondary N) is 1. The molecule has 0 aromatic heterocycles. The second-order valence-corrected chi connectivity index (χ2v) is 2.96. The Morgan fingerprint density at radius 3 is 2.86 bits per heavy atom. The lowest BCUT2D eigenvalue weighted by molar-refractivity contribution is 1.02. The van der Waals surface area contributed by atoms with Crippen LogP contribution >= 0.6 is 0 Å². The first-order valence-electron chi connectivity index (χ1n) is 4.47. The quantitative estimate of drug-likeness (QED) is 0.610. The molecule has 4 nitrogen and oxygen atoms in total. The van der Waals surface area contributed by atoms with Crippen molar-refractivity contribution in [2.75, 3.05) is 24.1 Å². The Morgan fingerprint density at radius 1 is 1.43 bits per heavy atom. The summed E-state index contributed by atoms with van der Waals surface area (Å²) < 4.78 is 0. The fraction of sp³-hybridized carbons (Fsp3) is 0.300. The smallest absolute Gasteiger partial charge is 0.0670 e. The number of nitrogens with two attached hydrogens (primary N) is 2. The first-order chi connectivity index (χ1) is 6.77. The Labute approximate surface area is 83.5 Å². The standard InChI is InChI=1S/C10H14N4/c11-4-3-8-7-9(14-6-5-12)1-2-10(8)13/h1-2,7,14H,3,5-6,12-13H2. The van der Waals surface area contributed by atoms with Crippen molar-refractivity contribution in [2.24, 2.45) is 5.73 Å². The SMILES string of the molecule is N#CCc1cc(NCCN)ccc1N. The van der Waals surface area contributed by atoms with Crippen LogP contribution in [0.5, 0.6) is 0 Å². The monoisotopic (exact) mass is 190 g/mol. The van der Waals surface area contributed by atoms with Gasteiger partial charge in [0.15, 0.2) is 0 Å². The molecule has 0 bridgehead atoms. The van der Waals surface area contributed by atoms with E-state index in [2.05, 4.69) is 11.4 Å². The van der Waals surface area contributed by atoms with Gasteiger partial charge in [-0.2, -0.15) is 5.26 Å². The molecule has 0 spiro atoms. The summed E-state index contributed by atoms with van der Waals surface area (Å²) in [6.07, 6.45) is 0.337. The van der Waals surface area contributed by atoms with Crippen molar-refractivity contribution in [1.29, 1.82) is 5.26 Å².